The van der Waals surface area contributed by atoms with Crippen LogP contribution in [0, 0.1) is 0 Å². The molecule has 0 radical (unpaired) electrons. The Hall–Kier alpha value is -2.71. The Bertz CT molecular complexity index is 1120. The lowest BCUT2D eigenvalue weighted by Gasteiger charge is -2.34. The molecule has 0 saturated carbocycles. The SMILES string of the molecule is CCCCC/C=C/C/C=C/C/C=C/CCCCCCCCCCCC(=O)OC(COCCC(C(=O)[O-])[N+](C)(C)C)COC(=O)CCCCC/C=C/CCCCCCCCC. The predicted molar refractivity (Wildman–Crippen MR) is 250 cm³/mol. The highest BCUT2D eigenvalue weighted by Gasteiger charge is 2.25. The van der Waals surface area contributed by atoms with E-state index in [4.69, 9.17) is 14.2 Å². The summed E-state index contributed by atoms with van der Waals surface area (Å²) >= 11 is 0. The number of likely N-dealkylation sites (N-methyl/N-ethyl adjacent to an activating group) is 1. The van der Waals surface area contributed by atoms with Crippen molar-refractivity contribution >= 4 is 17.9 Å². The summed E-state index contributed by atoms with van der Waals surface area (Å²) in [6.45, 7) is 4.62. The predicted octanol–water partition coefficient (Wildman–Crippen LogP) is 12.6. The van der Waals surface area contributed by atoms with Gasteiger partial charge in [0.2, 0.25) is 0 Å². The molecular weight excluding hydrogens is 751 g/mol. The van der Waals surface area contributed by atoms with Crippen molar-refractivity contribution in [1.29, 1.82) is 0 Å². The highest BCUT2D eigenvalue weighted by Crippen LogP contribution is 2.14. The van der Waals surface area contributed by atoms with Crippen LogP contribution in [0.25, 0.3) is 0 Å². The van der Waals surface area contributed by atoms with Gasteiger partial charge in [-0.25, -0.2) is 0 Å². The number of rotatable bonds is 44. The minimum absolute atomic E-state index is 0.0338. The molecule has 0 bridgehead atoms. The lowest BCUT2D eigenvalue weighted by molar-refractivity contribution is -0.889. The van der Waals surface area contributed by atoms with Crippen molar-refractivity contribution in [3.05, 3.63) is 48.6 Å². The summed E-state index contributed by atoms with van der Waals surface area (Å²) in [5.74, 6) is -1.76. The van der Waals surface area contributed by atoms with Crippen LogP contribution in [0.2, 0.25) is 0 Å². The molecule has 0 aromatic heterocycles. The van der Waals surface area contributed by atoms with Gasteiger partial charge in [0.05, 0.1) is 40.3 Å². The van der Waals surface area contributed by atoms with Crippen LogP contribution in [0.3, 0.4) is 0 Å². The zero-order chi connectivity index (χ0) is 44.2. The number of quaternary nitrogens is 1. The molecule has 0 aliphatic heterocycles. The number of carboxylic acids is 1. The van der Waals surface area contributed by atoms with Crippen molar-refractivity contribution in [2.45, 2.75) is 225 Å². The Labute approximate surface area is 369 Å². The van der Waals surface area contributed by atoms with Gasteiger partial charge in [-0.2, -0.15) is 0 Å². The molecule has 60 heavy (non-hydrogen) atoms. The van der Waals surface area contributed by atoms with E-state index in [9.17, 15) is 19.5 Å². The van der Waals surface area contributed by atoms with E-state index in [1.807, 2.05) is 0 Å². The molecule has 0 aromatic carbocycles. The molecule has 8 heteroatoms. The summed E-state index contributed by atoms with van der Waals surface area (Å²) in [6.07, 6.45) is 51.3. The normalized spacial score (nSPS) is 13.3. The second-order valence-electron chi connectivity index (χ2n) is 17.7. The topological polar surface area (TPSA) is 102 Å². The Morgan fingerprint density at radius 3 is 1.37 bits per heavy atom. The number of carboxylic acid groups (broad SMARTS) is 1. The van der Waals surface area contributed by atoms with Crippen LogP contribution < -0.4 is 5.11 Å². The average molecular weight is 844 g/mol. The van der Waals surface area contributed by atoms with Crippen LogP contribution in [0.15, 0.2) is 48.6 Å². The Balaban J connectivity index is 4.28. The second-order valence-corrected chi connectivity index (χ2v) is 17.7. The number of nitrogens with zero attached hydrogens (tertiary/aromatic N) is 1. The third-order valence-electron chi connectivity index (χ3n) is 10.9. The van der Waals surface area contributed by atoms with E-state index >= 15 is 0 Å². The fourth-order valence-corrected chi connectivity index (χ4v) is 7.07. The molecule has 348 valence electrons. The molecular formula is C52H93NO7. The maximum absolute atomic E-state index is 12.8. The molecule has 8 nitrogen and oxygen atoms in total. The molecule has 0 N–H and O–H groups in total. The number of unbranched alkanes of at least 4 members (excludes halogenated alkanes) is 22. The van der Waals surface area contributed by atoms with E-state index in [-0.39, 0.29) is 42.7 Å². The van der Waals surface area contributed by atoms with E-state index in [2.05, 4.69) is 62.5 Å². The first-order chi connectivity index (χ1) is 29.1. The number of hydrogen-bond donors (Lipinski definition) is 0. The lowest BCUT2D eigenvalue weighted by atomic mass is 10.1. The van der Waals surface area contributed by atoms with Crippen molar-refractivity contribution < 1.29 is 38.2 Å². The zero-order valence-electron chi connectivity index (χ0n) is 39.6. The Kier molecular flexibility index (Phi) is 41.0. The summed E-state index contributed by atoms with van der Waals surface area (Å²) in [4.78, 5) is 36.9. The molecule has 0 spiro atoms. The van der Waals surface area contributed by atoms with Gasteiger partial charge in [-0.15, -0.1) is 0 Å². The maximum atomic E-state index is 12.8. The molecule has 0 saturated heterocycles. The van der Waals surface area contributed by atoms with Crippen molar-refractivity contribution in [2.24, 2.45) is 0 Å². The van der Waals surface area contributed by atoms with Crippen LogP contribution in [0.1, 0.15) is 213 Å². The number of carbonyl (C=O) groups excluding carboxylic acids is 3. The van der Waals surface area contributed by atoms with Gasteiger partial charge in [0.1, 0.15) is 12.6 Å². The van der Waals surface area contributed by atoms with Crippen molar-refractivity contribution in [1.82, 2.24) is 0 Å². The smallest absolute Gasteiger partial charge is 0.306 e. The monoisotopic (exact) mass is 844 g/mol. The summed E-state index contributed by atoms with van der Waals surface area (Å²) in [5, 5.41) is 11.6. The van der Waals surface area contributed by atoms with E-state index in [1.54, 1.807) is 21.1 Å². The maximum Gasteiger partial charge on any atom is 0.306 e. The number of ether oxygens (including phenoxy) is 3. The lowest BCUT2D eigenvalue weighted by Crippen LogP contribution is -2.55. The van der Waals surface area contributed by atoms with Gasteiger partial charge in [0, 0.05) is 19.3 Å². The molecule has 2 atom stereocenters. The minimum atomic E-state index is -1.13. The third kappa shape index (κ3) is 40.7. The molecule has 0 rings (SSSR count). The van der Waals surface area contributed by atoms with E-state index < -0.39 is 18.1 Å². The summed E-state index contributed by atoms with van der Waals surface area (Å²) in [7, 11) is 5.41. The molecule has 0 aliphatic rings. The number of aliphatic carboxylic acids is 1. The number of esters is 2. The van der Waals surface area contributed by atoms with Crippen LogP contribution in [0.4, 0.5) is 0 Å². The van der Waals surface area contributed by atoms with Crippen molar-refractivity contribution in [3.8, 4) is 0 Å². The van der Waals surface area contributed by atoms with Gasteiger partial charge < -0.3 is 28.6 Å². The summed E-state index contributed by atoms with van der Waals surface area (Å²) < 4.78 is 17.2. The van der Waals surface area contributed by atoms with Crippen LogP contribution in [0.5, 0.6) is 0 Å². The standard InChI is InChI=1S/C52H93NO7/c1-6-8-10-12-14-16-18-20-22-23-24-25-26-27-28-29-31-33-35-37-39-41-43-51(55)60-48(46-58-45-44-49(52(56)57)53(3,4)5)47-59-50(54)42-40-38-36-34-32-30-21-19-17-15-13-11-9-7-2/h14,16,20,22,24-25,30,32,48-49H,6-13,15,17-19,21,23,26-29,31,33-47H2,1-5H3/b16-14+,22-20+,25-24+,32-30+. The minimum Gasteiger partial charge on any atom is -0.544 e. The Morgan fingerprint density at radius 1 is 0.500 bits per heavy atom. The second kappa shape index (κ2) is 43.0. The average Bonchev–Trinajstić information content (AvgIpc) is 3.21. The molecule has 0 heterocycles. The van der Waals surface area contributed by atoms with Gasteiger partial charge >= 0.3 is 11.9 Å². The van der Waals surface area contributed by atoms with Crippen molar-refractivity contribution in [3.63, 3.8) is 0 Å². The fourth-order valence-electron chi connectivity index (χ4n) is 7.07. The quantitative estimate of drug-likeness (QED) is 0.0260. The highest BCUT2D eigenvalue weighted by atomic mass is 16.6. The first-order valence-electron chi connectivity index (χ1n) is 24.7. The largest absolute Gasteiger partial charge is 0.544 e. The van der Waals surface area contributed by atoms with Crippen molar-refractivity contribution in [2.75, 3.05) is 41.0 Å². The molecule has 0 fully saturated rings. The zero-order valence-corrected chi connectivity index (χ0v) is 39.6. The summed E-state index contributed by atoms with van der Waals surface area (Å²) in [6, 6.07) is -0.729. The number of carbonyl (C=O) groups is 3. The van der Waals surface area contributed by atoms with E-state index in [1.165, 1.54) is 109 Å². The molecule has 0 aromatic rings. The fraction of sp³-hybridized carbons (Fsp3) is 0.788. The molecule has 2 unspecified atom stereocenters. The van der Waals surface area contributed by atoms with Gasteiger partial charge in [-0.1, -0.05) is 165 Å². The highest BCUT2D eigenvalue weighted by molar-refractivity contribution is 5.70. The van der Waals surface area contributed by atoms with Gasteiger partial charge in [0.25, 0.3) is 0 Å². The number of hydrogen-bond acceptors (Lipinski definition) is 7. The molecule has 0 amide bonds. The van der Waals surface area contributed by atoms with Gasteiger partial charge in [0.15, 0.2) is 6.10 Å². The van der Waals surface area contributed by atoms with Gasteiger partial charge in [-0.3, -0.25) is 9.59 Å². The van der Waals surface area contributed by atoms with Gasteiger partial charge in [-0.05, 0) is 77.0 Å². The first-order valence-corrected chi connectivity index (χ1v) is 24.7. The van der Waals surface area contributed by atoms with E-state index in [0.717, 1.165) is 70.6 Å². The molecule has 0 aliphatic carbocycles. The Morgan fingerprint density at radius 2 is 0.883 bits per heavy atom. The van der Waals surface area contributed by atoms with Crippen LogP contribution in [-0.4, -0.2) is 75.5 Å². The van der Waals surface area contributed by atoms with E-state index in [0.29, 0.717) is 12.8 Å². The number of allylic oxidation sites excluding steroid dienone is 8. The van der Waals surface area contributed by atoms with Crippen LogP contribution in [-0.2, 0) is 28.6 Å². The third-order valence-corrected chi connectivity index (χ3v) is 10.9. The van der Waals surface area contributed by atoms with Crippen LogP contribution >= 0.6 is 0 Å². The first kappa shape index (κ1) is 57.3. The summed E-state index contributed by atoms with van der Waals surface area (Å²) in [5.41, 5.74) is 0.